The third-order valence-electron chi connectivity index (χ3n) is 8.69. The molecule has 0 heterocycles. The lowest BCUT2D eigenvalue weighted by Gasteiger charge is -2.44. The minimum Gasteiger partial charge on any atom is -0.134 e. The van der Waals surface area contributed by atoms with Crippen molar-refractivity contribution in [3.8, 4) is 0 Å². The fourth-order valence-electron chi connectivity index (χ4n) is 6.29. The smallest absolute Gasteiger partial charge is 0.0143 e. The first-order valence-corrected chi connectivity index (χ1v) is 12.9. The van der Waals surface area contributed by atoms with Crippen molar-refractivity contribution >= 4 is 9.24 Å². The fourth-order valence-corrected chi connectivity index (χ4v) is 6.71. The van der Waals surface area contributed by atoms with Gasteiger partial charge in [0.1, 0.15) is 0 Å². The Morgan fingerprint density at radius 3 is 2.52 bits per heavy atom. The van der Waals surface area contributed by atoms with Gasteiger partial charge in [0.25, 0.3) is 0 Å². The summed E-state index contributed by atoms with van der Waals surface area (Å²) >= 11 is 0. The Morgan fingerprint density at radius 1 is 1.03 bits per heavy atom. The van der Waals surface area contributed by atoms with E-state index in [1.165, 1.54) is 62.5 Å². The molecule has 1 heteroatoms. The quantitative estimate of drug-likeness (QED) is 0.313. The second kappa shape index (κ2) is 9.68. The average Bonchev–Trinajstić information content (AvgIpc) is 3.04. The first kappa shape index (κ1) is 23.1. The Balaban J connectivity index is 1.75. The first-order chi connectivity index (χ1) is 13.7. The molecule has 0 aromatic heterocycles. The van der Waals surface area contributed by atoms with Gasteiger partial charge in [-0.15, -0.1) is 9.24 Å². The summed E-state index contributed by atoms with van der Waals surface area (Å²) < 4.78 is 0. The number of hydrogen-bond acceptors (Lipinski definition) is 0. The summed E-state index contributed by atoms with van der Waals surface area (Å²) in [6.45, 7) is 16.5. The lowest BCUT2D eigenvalue weighted by molar-refractivity contribution is 0.112. The van der Waals surface area contributed by atoms with E-state index in [2.05, 4.69) is 74.7 Å². The maximum absolute atomic E-state index is 4.34. The SMILES string of the molecule is C=C1CCC(P)C/C1=C/C=C1\CCCC2(C)C1CCC2C(C)/C=C/C(C)C(C)C. The van der Waals surface area contributed by atoms with Gasteiger partial charge in [-0.05, 0) is 97.6 Å². The fraction of sp³-hybridized carbons (Fsp3) is 0.714. The second-order valence-corrected chi connectivity index (χ2v) is 11.9. The molecule has 29 heavy (non-hydrogen) atoms. The summed E-state index contributed by atoms with van der Waals surface area (Å²) in [6.07, 6.45) is 20.5. The third-order valence-corrected chi connectivity index (χ3v) is 9.26. The van der Waals surface area contributed by atoms with Crippen LogP contribution in [0.15, 0.2) is 47.6 Å². The van der Waals surface area contributed by atoms with Gasteiger partial charge in [0.2, 0.25) is 0 Å². The summed E-state index contributed by atoms with van der Waals surface area (Å²) in [6, 6.07) is 0. The molecule has 3 fully saturated rings. The van der Waals surface area contributed by atoms with Gasteiger partial charge in [0.15, 0.2) is 0 Å². The Kier molecular flexibility index (Phi) is 7.70. The van der Waals surface area contributed by atoms with Crippen LogP contribution in [0.1, 0.15) is 86.0 Å². The molecule has 0 spiro atoms. The number of allylic oxidation sites excluding steroid dienone is 7. The van der Waals surface area contributed by atoms with Crippen LogP contribution in [0.2, 0.25) is 0 Å². The van der Waals surface area contributed by atoms with Crippen molar-refractivity contribution in [1.29, 1.82) is 0 Å². The summed E-state index contributed by atoms with van der Waals surface area (Å²) in [5.41, 5.74) is 5.84. The molecule has 0 saturated heterocycles. The predicted molar refractivity (Wildman–Crippen MR) is 133 cm³/mol. The molecular weight excluding hydrogens is 367 g/mol. The minimum atomic E-state index is 0.486. The largest absolute Gasteiger partial charge is 0.134 e. The van der Waals surface area contributed by atoms with Crippen LogP contribution in [0.3, 0.4) is 0 Å². The van der Waals surface area contributed by atoms with Crippen molar-refractivity contribution in [2.45, 2.75) is 91.6 Å². The standard InChI is InChI=1S/C28H45P/c1-19(2)20(3)9-10-22(5)26-15-16-27-23(8-7-17-28(26,27)6)12-13-24-18-25(29)14-11-21(24)4/h9-10,12-13,19-20,22,25-27H,4,7-8,11,14-18,29H2,1-3,5-6H3/b10-9+,23-12+,24-13-. The molecule has 0 aliphatic heterocycles. The molecule has 3 saturated carbocycles. The maximum atomic E-state index is 4.34. The van der Waals surface area contributed by atoms with Crippen LogP contribution >= 0.6 is 9.24 Å². The van der Waals surface area contributed by atoms with Crippen molar-refractivity contribution in [3.63, 3.8) is 0 Å². The molecule has 0 nitrogen and oxygen atoms in total. The molecule has 0 amide bonds. The molecule has 7 unspecified atom stereocenters. The van der Waals surface area contributed by atoms with E-state index in [-0.39, 0.29) is 0 Å². The van der Waals surface area contributed by atoms with Crippen LogP contribution in [0, 0.1) is 35.0 Å². The Morgan fingerprint density at radius 2 is 1.79 bits per heavy atom. The zero-order valence-electron chi connectivity index (χ0n) is 19.7. The molecule has 0 bridgehead atoms. The lowest BCUT2D eigenvalue weighted by atomic mass is 9.61. The highest BCUT2D eigenvalue weighted by atomic mass is 31.0. The van der Waals surface area contributed by atoms with Gasteiger partial charge >= 0.3 is 0 Å². The zero-order valence-corrected chi connectivity index (χ0v) is 20.9. The number of fused-ring (bicyclic) bond motifs is 1. The molecule has 0 N–H and O–H groups in total. The van der Waals surface area contributed by atoms with Crippen molar-refractivity contribution in [2.24, 2.45) is 35.0 Å². The summed E-state index contributed by atoms with van der Waals surface area (Å²) in [5.74, 6) is 3.74. The molecule has 7 atom stereocenters. The van der Waals surface area contributed by atoms with Crippen LogP contribution in [0.5, 0.6) is 0 Å². The van der Waals surface area contributed by atoms with E-state index in [9.17, 15) is 0 Å². The number of hydrogen-bond donors (Lipinski definition) is 0. The monoisotopic (exact) mass is 412 g/mol. The normalized spacial score (nSPS) is 38.2. The van der Waals surface area contributed by atoms with Gasteiger partial charge in [-0.3, -0.25) is 0 Å². The van der Waals surface area contributed by atoms with E-state index >= 15 is 0 Å². The van der Waals surface area contributed by atoms with Gasteiger partial charge < -0.3 is 0 Å². The highest BCUT2D eigenvalue weighted by Crippen LogP contribution is 2.59. The van der Waals surface area contributed by atoms with E-state index in [0.29, 0.717) is 17.3 Å². The van der Waals surface area contributed by atoms with Crippen molar-refractivity contribution in [2.75, 3.05) is 0 Å². The van der Waals surface area contributed by atoms with E-state index in [4.69, 9.17) is 0 Å². The molecular formula is C28H45P. The highest BCUT2D eigenvalue weighted by Gasteiger charge is 2.50. The maximum Gasteiger partial charge on any atom is -0.0143 e. The number of rotatable bonds is 5. The van der Waals surface area contributed by atoms with Gasteiger partial charge in [-0.25, -0.2) is 0 Å². The summed E-state index contributed by atoms with van der Waals surface area (Å²) in [5, 5.41) is 0. The Bertz CT molecular complexity index is 678. The van der Waals surface area contributed by atoms with Crippen molar-refractivity contribution < 1.29 is 0 Å². The van der Waals surface area contributed by atoms with Gasteiger partial charge in [0.05, 0.1) is 0 Å². The molecule has 162 valence electrons. The molecule has 0 aromatic rings. The second-order valence-electron chi connectivity index (χ2n) is 11.0. The van der Waals surface area contributed by atoms with E-state index < -0.39 is 0 Å². The summed E-state index contributed by atoms with van der Waals surface area (Å²) in [7, 11) is 3.03. The van der Waals surface area contributed by atoms with E-state index in [0.717, 1.165) is 23.4 Å². The van der Waals surface area contributed by atoms with Crippen LogP contribution in [0.4, 0.5) is 0 Å². The molecule has 3 aliphatic carbocycles. The predicted octanol–water partition coefficient (Wildman–Crippen LogP) is 8.52. The average molecular weight is 413 g/mol. The van der Waals surface area contributed by atoms with Crippen LogP contribution < -0.4 is 0 Å². The van der Waals surface area contributed by atoms with Gasteiger partial charge in [0, 0.05) is 0 Å². The molecule has 0 aromatic carbocycles. The minimum absolute atomic E-state index is 0.486. The van der Waals surface area contributed by atoms with Crippen molar-refractivity contribution in [3.05, 3.63) is 47.6 Å². The van der Waals surface area contributed by atoms with Gasteiger partial charge in [-0.2, -0.15) is 0 Å². The van der Waals surface area contributed by atoms with Crippen LogP contribution in [0.25, 0.3) is 0 Å². The topological polar surface area (TPSA) is 0 Å². The first-order valence-electron chi connectivity index (χ1n) is 12.2. The Hall–Kier alpha value is -0.610. The lowest BCUT2D eigenvalue weighted by Crippen LogP contribution is -2.35. The summed E-state index contributed by atoms with van der Waals surface area (Å²) in [4.78, 5) is 0. The highest BCUT2D eigenvalue weighted by molar-refractivity contribution is 7.17. The Labute approximate surface area is 183 Å². The molecule has 0 radical (unpaired) electrons. The molecule has 3 rings (SSSR count). The van der Waals surface area contributed by atoms with E-state index in [1.54, 1.807) is 5.57 Å². The van der Waals surface area contributed by atoms with Crippen LogP contribution in [-0.2, 0) is 0 Å². The van der Waals surface area contributed by atoms with E-state index in [1.807, 2.05) is 0 Å². The third kappa shape index (κ3) is 5.18. The molecule has 3 aliphatic rings. The van der Waals surface area contributed by atoms with Crippen molar-refractivity contribution in [1.82, 2.24) is 0 Å². The van der Waals surface area contributed by atoms with Crippen LogP contribution in [-0.4, -0.2) is 5.66 Å². The zero-order chi connectivity index (χ0) is 21.2. The van der Waals surface area contributed by atoms with Gasteiger partial charge in [-0.1, -0.05) is 76.6 Å².